The Hall–Kier alpha value is -4.02. The molecular weight excluding hydrogens is 981 g/mol. The summed E-state index contributed by atoms with van der Waals surface area (Å²) in [7, 11) is 3.34. The Labute approximate surface area is 467 Å². The van der Waals surface area contributed by atoms with Crippen molar-refractivity contribution in [3.8, 4) is 31.7 Å². The Balaban J connectivity index is 1.39. The summed E-state index contributed by atoms with van der Waals surface area (Å²) in [5.41, 5.74) is 2.91. The first-order chi connectivity index (χ1) is 37.0. The summed E-state index contributed by atoms with van der Waals surface area (Å²) in [6.45, 7) is 13.7. The average Bonchev–Trinajstić information content (AvgIpc) is 4.14. The molecule has 76 heavy (non-hydrogen) atoms. The number of hydrogen-bond acceptors (Lipinski definition) is 8. The van der Waals surface area contributed by atoms with Gasteiger partial charge in [-0.3, -0.25) is 29.0 Å². The summed E-state index contributed by atoms with van der Waals surface area (Å²) in [6.07, 6.45) is 37.9. The van der Waals surface area contributed by atoms with Crippen LogP contribution in [-0.4, -0.2) is 60.7 Å². The third kappa shape index (κ3) is 16.1. The molecule has 10 heteroatoms. The van der Waals surface area contributed by atoms with Crippen molar-refractivity contribution < 1.29 is 28.7 Å². The number of hydrogen-bond donors (Lipinski definition) is 0. The van der Waals surface area contributed by atoms with Crippen LogP contribution in [0.15, 0.2) is 24.3 Å². The van der Waals surface area contributed by atoms with Crippen LogP contribution in [0.4, 0.5) is 0 Å². The summed E-state index contributed by atoms with van der Waals surface area (Å²) in [5, 5.41) is 0.899. The molecule has 6 rings (SSSR count). The first kappa shape index (κ1) is 61.2. The maximum Gasteiger partial charge on any atom is 0.262 e. The van der Waals surface area contributed by atoms with Gasteiger partial charge in [-0.1, -0.05) is 207 Å². The fraction of sp³-hybridized carbons (Fsp3) is 0.667. The van der Waals surface area contributed by atoms with Gasteiger partial charge in [0.15, 0.2) is 0 Å². The van der Waals surface area contributed by atoms with Gasteiger partial charge in [-0.05, 0) is 81.2 Å². The van der Waals surface area contributed by atoms with Crippen molar-refractivity contribution in [2.75, 3.05) is 27.3 Å². The van der Waals surface area contributed by atoms with Crippen LogP contribution in [0.1, 0.15) is 285 Å². The lowest BCUT2D eigenvalue weighted by atomic mass is 9.80. The summed E-state index contributed by atoms with van der Waals surface area (Å²) >= 11 is 3.14. The lowest BCUT2D eigenvalue weighted by molar-refractivity contribution is 0.0556. The molecule has 2 aliphatic rings. The summed E-state index contributed by atoms with van der Waals surface area (Å²) in [6, 6.07) is 7.75. The smallest absolute Gasteiger partial charge is 0.262 e. The molecule has 2 aliphatic heterocycles. The highest BCUT2D eigenvalue weighted by Gasteiger charge is 2.43. The molecule has 0 aliphatic carbocycles. The molecule has 0 fully saturated rings. The summed E-state index contributed by atoms with van der Waals surface area (Å²) in [4.78, 5) is 68.3. The highest BCUT2D eigenvalue weighted by atomic mass is 32.1. The van der Waals surface area contributed by atoms with E-state index in [1.165, 1.54) is 156 Å². The Morgan fingerprint density at radius 1 is 0.408 bits per heavy atom. The van der Waals surface area contributed by atoms with E-state index in [0.29, 0.717) is 63.0 Å². The minimum absolute atomic E-state index is 0.174. The van der Waals surface area contributed by atoms with Crippen LogP contribution in [0.25, 0.3) is 31.0 Å². The summed E-state index contributed by atoms with van der Waals surface area (Å²) < 4.78 is 12.0. The number of thiophene rings is 2. The molecule has 0 spiro atoms. The molecule has 8 nitrogen and oxygen atoms in total. The zero-order valence-corrected chi connectivity index (χ0v) is 50.3. The number of imide groups is 2. The Bertz CT molecular complexity index is 2480. The van der Waals surface area contributed by atoms with Gasteiger partial charge < -0.3 is 9.47 Å². The molecule has 4 heterocycles. The molecule has 0 N–H and O–H groups in total. The quantitative estimate of drug-likeness (QED) is 0.0325. The fourth-order valence-electron chi connectivity index (χ4n) is 12.2. The third-order valence-electron chi connectivity index (χ3n) is 16.6. The normalized spacial score (nSPS) is 14.2. The number of unbranched alkanes of at least 4 members (excludes halogenated alkanes) is 24. The molecular formula is C66H98N2O6S2. The Kier molecular flexibility index (Phi) is 25.9. The molecule has 420 valence electrons. The van der Waals surface area contributed by atoms with Gasteiger partial charge in [-0.2, -0.15) is 0 Å². The van der Waals surface area contributed by atoms with Gasteiger partial charge >= 0.3 is 0 Å². The zero-order valence-electron chi connectivity index (χ0n) is 48.7. The van der Waals surface area contributed by atoms with Crippen LogP contribution in [0.3, 0.4) is 0 Å². The van der Waals surface area contributed by atoms with Gasteiger partial charge in [0.2, 0.25) is 0 Å². The molecule has 0 radical (unpaired) electrons. The molecule has 2 aromatic heterocycles. The first-order valence-electron chi connectivity index (χ1n) is 30.7. The van der Waals surface area contributed by atoms with E-state index >= 15 is 19.2 Å². The predicted octanol–water partition coefficient (Wildman–Crippen LogP) is 19.9. The number of amides is 4. The number of aryl methyl sites for hydroxylation is 2. The van der Waals surface area contributed by atoms with Crippen LogP contribution >= 0.6 is 22.7 Å². The van der Waals surface area contributed by atoms with Crippen LogP contribution in [0, 0.1) is 25.7 Å². The molecule has 0 saturated heterocycles. The van der Waals surface area contributed by atoms with Gasteiger partial charge in [-0.15, -0.1) is 22.7 Å². The maximum absolute atomic E-state index is 15.7. The van der Waals surface area contributed by atoms with E-state index in [4.69, 9.17) is 9.47 Å². The van der Waals surface area contributed by atoms with Crippen molar-refractivity contribution in [2.45, 2.75) is 247 Å². The van der Waals surface area contributed by atoms with Crippen molar-refractivity contribution in [1.29, 1.82) is 0 Å². The molecule has 0 saturated carbocycles. The lowest BCUT2D eigenvalue weighted by Crippen LogP contribution is -2.46. The first-order valence-corrected chi connectivity index (χ1v) is 32.4. The van der Waals surface area contributed by atoms with Crippen LogP contribution < -0.4 is 9.47 Å². The highest BCUT2D eigenvalue weighted by molar-refractivity contribution is 7.24. The maximum atomic E-state index is 15.7. The van der Waals surface area contributed by atoms with Crippen molar-refractivity contribution in [3.63, 3.8) is 0 Å². The van der Waals surface area contributed by atoms with E-state index in [0.717, 1.165) is 95.9 Å². The average molecular weight is 1080 g/mol. The number of nitrogens with zero attached hydrogens (tertiary/aromatic N) is 2. The lowest BCUT2D eigenvalue weighted by Gasteiger charge is -2.36. The van der Waals surface area contributed by atoms with Gasteiger partial charge in [0, 0.05) is 50.3 Å². The molecule has 4 amide bonds. The van der Waals surface area contributed by atoms with Crippen LogP contribution in [0.5, 0.6) is 11.5 Å². The Morgan fingerprint density at radius 3 is 1.18 bits per heavy atom. The number of carbonyl (C=O) groups excluding carboxylic acids is 4. The standard InChI is InChI=1S/C66H98N2O6S2/c1-9-13-17-21-25-27-31-35-39-49(37-33-29-23-19-15-11-3)45-67-64(70)53-43-51(56-44-55(74-8)62(76-56)61-54(73-7)42-48(6)75-61)60-59-52(41-47(5)57(58(53)59)65(67)71)63(69)68(66(60)72)46-50(38-34-30-24-20-16-12-4)40-36-32-28-26-22-18-14-10-2/h41-44,49-50H,9-40,45-46H2,1-8H3. The van der Waals surface area contributed by atoms with E-state index in [2.05, 4.69) is 34.6 Å². The molecule has 2 unspecified atom stereocenters. The second-order valence-corrected chi connectivity index (χ2v) is 25.1. The van der Waals surface area contributed by atoms with Gasteiger partial charge in [0.25, 0.3) is 23.6 Å². The zero-order chi connectivity index (χ0) is 54.4. The van der Waals surface area contributed by atoms with E-state index in [1.807, 2.05) is 31.2 Å². The van der Waals surface area contributed by atoms with Gasteiger partial charge in [0.1, 0.15) is 11.5 Å². The predicted molar refractivity (Wildman–Crippen MR) is 321 cm³/mol. The third-order valence-corrected chi connectivity index (χ3v) is 19.0. The second-order valence-electron chi connectivity index (χ2n) is 22.8. The largest absolute Gasteiger partial charge is 0.495 e. The van der Waals surface area contributed by atoms with Crippen molar-refractivity contribution in [2.24, 2.45) is 11.8 Å². The molecule has 2 atom stereocenters. The topological polar surface area (TPSA) is 93.2 Å². The number of rotatable bonds is 40. The van der Waals surface area contributed by atoms with E-state index < -0.39 is 0 Å². The molecule has 4 aromatic rings. The molecule has 2 aromatic carbocycles. The van der Waals surface area contributed by atoms with Crippen LogP contribution in [0.2, 0.25) is 0 Å². The van der Waals surface area contributed by atoms with Crippen LogP contribution in [-0.2, 0) is 0 Å². The van der Waals surface area contributed by atoms with Gasteiger partial charge in [-0.25, -0.2) is 0 Å². The highest BCUT2D eigenvalue weighted by Crippen LogP contribution is 2.52. The van der Waals surface area contributed by atoms with E-state index in [9.17, 15) is 0 Å². The van der Waals surface area contributed by atoms with E-state index in [-0.39, 0.29) is 35.5 Å². The van der Waals surface area contributed by atoms with Crippen molar-refractivity contribution >= 4 is 57.1 Å². The minimum atomic E-state index is -0.345. The van der Waals surface area contributed by atoms with Crippen molar-refractivity contribution in [3.05, 3.63) is 57.0 Å². The molecule has 0 bridgehead atoms. The number of benzene rings is 2. The Morgan fingerprint density at radius 2 is 0.763 bits per heavy atom. The van der Waals surface area contributed by atoms with Gasteiger partial charge in [0.05, 0.1) is 35.1 Å². The number of ether oxygens (including phenoxy) is 2. The minimum Gasteiger partial charge on any atom is -0.495 e. The van der Waals surface area contributed by atoms with E-state index in [1.54, 1.807) is 25.6 Å². The number of carbonyl (C=O) groups is 4. The SMILES string of the molecule is CCCCCCCCCCC(CCCCCCCC)CN1C(=O)c2cc(-c3cc(OC)c(-c4sc(C)cc4OC)s3)c3c4c(cc(C)c(c24)C1=O)C(=O)N(CC(CCCCCCCC)CCCCCCCCCC)C3=O. The van der Waals surface area contributed by atoms with Crippen molar-refractivity contribution in [1.82, 2.24) is 9.80 Å². The summed E-state index contributed by atoms with van der Waals surface area (Å²) in [5.74, 6) is 0.443. The second kappa shape index (κ2) is 32.2. The monoisotopic (exact) mass is 1080 g/mol. The number of methoxy groups -OCH3 is 2. The fourth-order valence-corrected chi connectivity index (χ4v) is 14.5.